The normalized spacial score (nSPS) is 11.9. The number of halogens is 1. The minimum absolute atomic E-state index is 0.000483. The Bertz CT molecular complexity index is 762. The van der Waals surface area contributed by atoms with Gasteiger partial charge >= 0.3 is 0 Å². The Hall–Kier alpha value is -2.33. The van der Waals surface area contributed by atoms with Crippen molar-refractivity contribution in [2.24, 2.45) is 0 Å². The molecule has 2 rings (SSSR count). The van der Waals surface area contributed by atoms with Gasteiger partial charge in [-0.2, -0.15) is 0 Å². The molecular formula is C22H27ClN2O2. The molecule has 0 unspecified atom stereocenters. The van der Waals surface area contributed by atoms with Gasteiger partial charge in [-0.25, -0.2) is 0 Å². The molecule has 0 saturated carbocycles. The Balaban J connectivity index is 2.35. The van der Waals surface area contributed by atoms with Crippen LogP contribution >= 0.6 is 11.6 Å². The van der Waals surface area contributed by atoms with E-state index in [0.29, 0.717) is 24.4 Å². The molecule has 0 saturated heterocycles. The maximum Gasteiger partial charge on any atom is 0.243 e. The maximum absolute atomic E-state index is 12.9. The molecule has 2 amide bonds. The largest absolute Gasteiger partial charge is 0.352 e. The molecule has 2 aromatic carbocycles. The van der Waals surface area contributed by atoms with Crippen LogP contribution < -0.4 is 5.32 Å². The van der Waals surface area contributed by atoms with Crippen LogP contribution in [0, 0.1) is 0 Å². The van der Waals surface area contributed by atoms with Crippen LogP contribution in [0.3, 0.4) is 0 Å². The molecule has 2 aromatic rings. The molecule has 27 heavy (non-hydrogen) atoms. The number of nitrogens with one attached hydrogen (secondary N) is 1. The van der Waals surface area contributed by atoms with E-state index < -0.39 is 6.04 Å². The zero-order valence-electron chi connectivity index (χ0n) is 16.1. The minimum Gasteiger partial charge on any atom is -0.352 e. The first-order chi connectivity index (χ1) is 12.9. The molecule has 0 aliphatic carbocycles. The zero-order valence-corrected chi connectivity index (χ0v) is 16.9. The summed E-state index contributed by atoms with van der Waals surface area (Å²) in [6.45, 7) is 5.99. The predicted octanol–water partition coefficient (Wildman–Crippen LogP) is 4.21. The van der Waals surface area contributed by atoms with E-state index in [-0.39, 0.29) is 17.9 Å². The highest BCUT2D eigenvalue weighted by atomic mass is 35.5. The van der Waals surface area contributed by atoms with Gasteiger partial charge in [-0.1, -0.05) is 61.0 Å². The molecule has 0 bridgehead atoms. The van der Waals surface area contributed by atoms with E-state index in [0.717, 1.165) is 11.1 Å². The number of rotatable bonds is 8. The van der Waals surface area contributed by atoms with Gasteiger partial charge in [0.1, 0.15) is 6.04 Å². The second-order valence-electron chi connectivity index (χ2n) is 6.87. The molecule has 0 fully saturated rings. The minimum atomic E-state index is -0.582. The highest BCUT2D eigenvalue weighted by Gasteiger charge is 2.29. The van der Waals surface area contributed by atoms with Gasteiger partial charge in [-0.15, -0.1) is 0 Å². The van der Waals surface area contributed by atoms with Crippen molar-refractivity contribution in [3.05, 3.63) is 70.7 Å². The maximum atomic E-state index is 12.9. The second kappa shape index (κ2) is 10.1. The Labute approximate surface area is 166 Å². The van der Waals surface area contributed by atoms with Gasteiger partial charge in [0.15, 0.2) is 0 Å². The van der Waals surface area contributed by atoms with Crippen LogP contribution in [-0.2, 0) is 22.6 Å². The van der Waals surface area contributed by atoms with Crippen LogP contribution in [0.2, 0.25) is 5.02 Å². The third-order valence-electron chi connectivity index (χ3n) is 4.25. The topological polar surface area (TPSA) is 49.4 Å². The average Bonchev–Trinajstić information content (AvgIpc) is 2.64. The first-order valence-electron chi connectivity index (χ1n) is 9.29. The van der Waals surface area contributed by atoms with Crippen molar-refractivity contribution in [3.63, 3.8) is 0 Å². The van der Waals surface area contributed by atoms with Crippen LogP contribution in [-0.4, -0.2) is 28.8 Å². The monoisotopic (exact) mass is 386 g/mol. The Morgan fingerprint density at radius 2 is 1.70 bits per heavy atom. The molecule has 5 heteroatoms. The highest BCUT2D eigenvalue weighted by Crippen LogP contribution is 2.18. The van der Waals surface area contributed by atoms with Crippen molar-refractivity contribution < 1.29 is 9.59 Å². The smallest absolute Gasteiger partial charge is 0.243 e. The Morgan fingerprint density at radius 3 is 2.30 bits per heavy atom. The van der Waals surface area contributed by atoms with E-state index in [1.54, 1.807) is 11.0 Å². The van der Waals surface area contributed by atoms with Crippen molar-refractivity contribution in [1.82, 2.24) is 10.2 Å². The fourth-order valence-corrected chi connectivity index (χ4v) is 3.18. The van der Waals surface area contributed by atoms with Gasteiger partial charge in [-0.05, 0) is 37.1 Å². The van der Waals surface area contributed by atoms with E-state index in [1.165, 1.54) is 0 Å². The number of amides is 2. The lowest BCUT2D eigenvalue weighted by atomic mass is 10.0. The van der Waals surface area contributed by atoms with E-state index in [9.17, 15) is 9.59 Å². The van der Waals surface area contributed by atoms with E-state index >= 15 is 0 Å². The molecule has 0 aliphatic heterocycles. The fraction of sp³-hybridized carbons (Fsp3) is 0.364. The van der Waals surface area contributed by atoms with Gasteiger partial charge in [0, 0.05) is 30.5 Å². The first-order valence-corrected chi connectivity index (χ1v) is 9.66. The van der Waals surface area contributed by atoms with Crippen LogP contribution in [0.15, 0.2) is 54.6 Å². The summed E-state index contributed by atoms with van der Waals surface area (Å²) in [5.74, 6) is -0.201. The predicted molar refractivity (Wildman–Crippen MR) is 110 cm³/mol. The van der Waals surface area contributed by atoms with E-state index in [4.69, 9.17) is 11.6 Å². The number of carbonyl (C=O) groups excluding carboxylic acids is 2. The van der Waals surface area contributed by atoms with Crippen LogP contribution in [0.5, 0.6) is 0 Å². The summed E-state index contributed by atoms with van der Waals surface area (Å²) < 4.78 is 0. The number of nitrogens with zero attached hydrogens (tertiary/aromatic N) is 1. The van der Waals surface area contributed by atoms with Gasteiger partial charge < -0.3 is 10.2 Å². The third-order valence-corrected chi connectivity index (χ3v) is 4.48. The molecule has 0 spiro atoms. The van der Waals surface area contributed by atoms with Gasteiger partial charge in [0.25, 0.3) is 0 Å². The molecule has 144 valence electrons. The molecule has 0 heterocycles. The molecule has 0 aromatic heterocycles. The summed E-state index contributed by atoms with van der Waals surface area (Å²) in [5, 5.41) is 3.57. The Kier molecular flexibility index (Phi) is 7.86. The standard InChI is InChI=1S/C22H27ClN2O2/c1-4-21(26)25(15-18-11-8-12-19(23)13-18)20(22(27)24-16(2)3)14-17-9-6-5-7-10-17/h5-13,16,20H,4,14-15H2,1-3H3,(H,24,27)/t20-/m1/s1. The number of carbonyl (C=O) groups is 2. The summed E-state index contributed by atoms with van der Waals surface area (Å²) in [6, 6.07) is 16.6. The van der Waals surface area contributed by atoms with Crippen molar-refractivity contribution in [2.75, 3.05) is 0 Å². The van der Waals surface area contributed by atoms with Gasteiger partial charge in [0.2, 0.25) is 11.8 Å². The molecule has 0 radical (unpaired) electrons. The van der Waals surface area contributed by atoms with Crippen LogP contribution in [0.25, 0.3) is 0 Å². The van der Waals surface area contributed by atoms with Crippen molar-refractivity contribution >= 4 is 23.4 Å². The highest BCUT2D eigenvalue weighted by molar-refractivity contribution is 6.30. The number of hydrogen-bond acceptors (Lipinski definition) is 2. The van der Waals surface area contributed by atoms with Crippen LogP contribution in [0.1, 0.15) is 38.3 Å². The second-order valence-corrected chi connectivity index (χ2v) is 7.31. The molecule has 4 nitrogen and oxygen atoms in total. The van der Waals surface area contributed by atoms with E-state index in [1.807, 2.05) is 69.3 Å². The molecular weight excluding hydrogens is 360 g/mol. The molecule has 1 atom stereocenters. The number of hydrogen-bond donors (Lipinski definition) is 1. The lowest BCUT2D eigenvalue weighted by molar-refractivity contribution is -0.141. The summed E-state index contributed by atoms with van der Waals surface area (Å²) in [7, 11) is 0. The van der Waals surface area contributed by atoms with Crippen LogP contribution in [0.4, 0.5) is 0 Å². The lowest BCUT2D eigenvalue weighted by Gasteiger charge is -2.32. The van der Waals surface area contributed by atoms with Crippen molar-refractivity contribution in [2.45, 2.75) is 52.2 Å². The number of benzene rings is 2. The lowest BCUT2D eigenvalue weighted by Crippen LogP contribution is -2.51. The van der Waals surface area contributed by atoms with Gasteiger partial charge in [-0.3, -0.25) is 9.59 Å². The fourth-order valence-electron chi connectivity index (χ4n) is 2.97. The summed E-state index contributed by atoms with van der Waals surface area (Å²) in [5.41, 5.74) is 1.92. The molecule has 0 aliphatic rings. The zero-order chi connectivity index (χ0) is 19.8. The third kappa shape index (κ3) is 6.40. The van der Waals surface area contributed by atoms with Gasteiger partial charge in [0.05, 0.1) is 0 Å². The summed E-state index contributed by atoms with van der Waals surface area (Å²) in [6.07, 6.45) is 0.798. The van der Waals surface area contributed by atoms with Crippen molar-refractivity contribution in [1.29, 1.82) is 0 Å². The van der Waals surface area contributed by atoms with Crippen molar-refractivity contribution in [3.8, 4) is 0 Å². The summed E-state index contributed by atoms with van der Waals surface area (Å²) in [4.78, 5) is 27.3. The average molecular weight is 387 g/mol. The summed E-state index contributed by atoms with van der Waals surface area (Å²) >= 11 is 6.10. The SMILES string of the molecule is CCC(=O)N(Cc1cccc(Cl)c1)[C@H](Cc1ccccc1)C(=O)NC(C)C. The Morgan fingerprint density at radius 1 is 1.04 bits per heavy atom. The van der Waals surface area contributed by atoms with E-state index in [2.05, 4.69) is 5.32 Å². The molecule has 1 N–H and O–H groups in total. The quantitative estimate of drug-likeness (QED) is 0.738. The first kappa shape index (κ1) is 21.0.